The third kappa shape index (κ3) is 18.5. The van der Waals surface area contributed by atoms with E-state index in [0.29, 0.717) is 0 Å². The van der Waals surface area contributed by atoms with E-state index in [2.05, 4.69) is 4.74 Å². The monoisotopic (exact) mass is 240 g/mol. The van der Waals surface area contributed by atoms with Gasteiger partial charge in [0.1, 0.15) is 19.8 Å². The minimum absolute atomic E-state index is 0.0477. The lowest BCUT2D eigenvalue weighted by Crippen LogP contribution is -2.14. The summed E-state index contributed by atoms with van der Waals surface area (Å²) in [4.78, 5) is 19.4. The van der Waals surface area contributed by atoms with Gasteiger partial charge in [0.25, 0.3) is 0 Å². The van der Waals surface area contributed by atoms with Crippen molar-refractivity contribution in [2.45, 2.75) is 0 Å². The summed E-state index contributed by atoms with van der Waals surface area (Å²) in [6, 6.07) is 0. The Kier molecular flexibility index (Phi) is 14.8. The van der Waals surface area contributed by atoms with E-state index in [9.17, 15) is 4.79 Å². The van der Waals surface area contributed by atoms with Crippen molar-refractivity contribution in [1.29, 1.82) is 0 Å². The predicted molar refractivity (Wildman–Crippen MR) is 50.7 cm³/mol. The van der Waals surface area contributed by atoms with Crippen molar-refractivity contribution in [1.82, 2.24) is 0 Å². The minimum atomic E-state index is -1.19. The molecule has 0 atom stereocenters. The molecule has 0 aromatic rings. The number of rotatable bonds is 7. The van der Waals surface area contributed by atoms with Gasteiger partial charge in [-0.25, -0.2) is 9.59 Å². The molecule has 0 aromatic heterocycles. The van der Waals surface area contributed by atoms with Crippen molar-refractivity contribution >= 4 is 11.9 Å². The summed E-state index contributed by atoms with van der Waals surface area (Å²) >= 11 is 0. The van der Waals surface area contributed by atoms with Gasteiger partial charge in [-0.3, -0.25) is 0 Å². The Balaban J connectivity index is 0. The highest BCUT2D eigenvalue weighted by Gasteiger charge is 1.97. The lowest BCUT2D eigenvalue weighted by atomic mass is 10.7. The van der Waals surface area contributed by atoms with E-state index >= 15 is 0 Å². The molecule has 0 aromatic carbocycles. The summed E-state index contributed by atoms with van der Waals surface area (Å²) < 4.78 is 9.21. The third-order valence-electron chi connectivity index (χ3n) is 0.991. The van der Waals surface area contributed by atoms with Crippen LogP contribution >= 0.6 is 0 Å². The minimum Gasteiger partial charge on any atom is -0.480 e. The smallest absolute Gasteiger partial charge is 0.331 e. The quantitative estimate of drug-likeness (QED) is 0.286. The molecule has 0 radical (unpaired) electrons. The van der Waals surface area contributed by atoms with Gasteiger partial charge in [0.15, 0.2) is 0 Å². The number of aliphatic hydroxyl groups excluding tert-OH is 3. The van der Waals surface area contributed by atoms with Crippen molar-refractivity contribution in [3.8, 4) is 0 Å². The summed E-state index contributed by atoms with van der Waals surface area (Å²) in [5.74, 6) is -1.86. The summed E-state index contributed by atoms with van der Waals surface area (Å²) in [5, 5.41) is 31.4. The van der Waals surface area contributed by atoms with Crippen LogP contribution in [0.3, 0.4) is 0 Å². The van der Waals surface area contributed by atoms with Crippen LogP contribution in [-0.2, 0) is 19.1 Å². The summed E-state index contributed by atoms with van der Waals surface area (Å²) in [6.07, 6.45) is 0. The standard InChI is InChI=1S/C6H12O5.C2H4O3/c7-1-2-10-3-4-11-6(9)5-8;3-1-2(4)5/h7-8H,1-5H2;3H,1H2,(H,4,5). The first-order valence-corrected chi connectivity index (χ1v) is 4.36. The molecular formula is C8H16O8. The first kappa shape index (κ1) is 17.2. The zero-order valence-corrected chi connectivity index (χ0v) is 8.66. The Hall–Kier alpha value is -1.22. The zero-order chi connectivity index (χ0) is 12.8. The Morgan fingerprint density at radius 3 is 1.88 bits per heavy atom. The molecule has 96 valence electrons. The average Bonchev–Trinajstić information content (AvgIpc) is 2.29. The highest BCUT2D eigenvalue weighted by Crippen LogP contribution is 1.78. The number of hydrogen-bond acceptors (Lipinski definition) is 7. The van der Waals surface area contributed by atoms with Crippen LogP contribution in [0.2, 0.25) is 0 Å². The largest absolute Gasteiger partial charge is 0.480 e. The molecule has 0 aliphatic rings. The van der Waals surface area contributed by atoms with Crippen LogP contribution in [0.4, 0.5) is 0 Å². The Labute approximate surface area is 92.0 Å². The number of hydrogen-bond donors (Lipinski definition) is 4. The Bertz CT molecular complexity index is 181. The van der Waals surface area contributed by atoms with Gasteiger partial charge in [-0.15, -0.1) is 0 Å². The van der Waals surface area contributed by atoms with Crippen molar-refractivity contribution < 1.29 is 39.5 Å². The first-order valence-electron chi connectivity index (χ1n) is 4.36. The van der Waals surface area contributed by atoms with Gasteiger partial charge in [0, 0.05) is 0 Å². The second kappa shape index (κ2) is 13.8. The molecule has 8 heteroatoms. The maximum Gasteiger partial charge on any atom is 0.331 e. The molecule has 0 fully saturated rings. The Morgan fingerprint density at radius 1 is 0.938 bits per heavy atom. The molecule has 0 saturated carbocycles. The van der Waals surface area contributed by atoms with Gasteiger partial charge in [0.2, 0.25) is 0 Å². The molecule has 0 aliphatic heterocycles. The lowest BCUT2D eigenvalue weighted by molar-refractivity contribution is -0.148. The summed E-state index contributed by atoms with van der Waals surface area (Å²) in [5.41, 5.74) is 0. The molecule has 0 heterocycles. The maximum absolute atomic E-state index is 10.3. The second-order valence-electron chi connectivity index (χ2n) is 2.27. The number of aliphatic hydroxyl groups is 3. The predicted octanol–water partition coefficient (Wildman–Crippen LogP) is -2.41. The number of carbonyl (C=O) groups excluding carboxylic acids is 1. The molecule has 16 heavy (non-hydrogen) atoms. The maximum atomic E-state index is 10.3. The Morgan fingerprint density at radius 2 is 1.50 bits per heavy atom. The van der Waals surface area contributed by atoms with Crippen molar-refractivity contribution in [3.05, 3.63) is 0 Å². The number of carboxylic acids is 1. The van der Waals surface area contributed by atoms with Gasteiger partial charge < -0.3 is 29.9 Å². The van der Waals surface area contributed by atoms with E-state index in [0.717, 1.165) is 0 Å². The van der Waals surface area contributed by atoms with Crippen LogP contribution in [-0.4, -0.2) is 72.0 Å². The van der Waals surface area contributed by atoms with Gasteiger partial charge in [0.05, 0.1) is 19.8 Å². The molecule has 0 aliphatic carbocycles. The van der Waals surface area contributed by atoms with Gasteiger partial charge >= 0.3 is 11.9 Å². The van der Waals surface area contributed by atoms with Crippen LogP contribution in [0.15, 0.2) is 0 Å². The molecule has 8 nitrogen and oxygen atoms in total. The highest BCUT2D eigenvalue weighted by atomic mass is 16.6. The SMILES string of the molecule is O=C(CO)OCCOCCO.O=C(O)CO. The van der Waals surface area contributed by atoms with Crippen molar-refractivity contribution in [3.63, 3.8) is 0 Å². The van der Waals surface area contributed by atoms with Crippen molar-refractivity contribution in [2.75, 3.05) is 39.6 Å². The molecule has 0 saturated heterocycles. The van der Waals surface area contributed by atoms with E-state index in [-0.39, 0.29) is 26.4 Å². The molecule has 0 amide bonds. The summed E-state index contributed by atoms with van der Waals surface area (Å²) in [7, 11) is 0. The zero-order valence-electron chi connectivity index (χ0n) is 8.66. The van der Waals surface area contributed by atoms with Crippen molar-refractivity contribution in [2.24, 2.45) is 0 Å². The number of ether oxygens (including phenoxy) is 2. The fourth-order valence-corrected chi connectivity index (χ4v) is 0.427. The number of carboxylic acid groups (broad SMARTS) is 1. The second-order valence-corrected chi connectivity index (χ2v) is 2.27. The van der Waals surface area contributed by atoms with E-state index in [4.69, 9.17) is 30.0 Å². The fourth-order valence-electron chi connectivity index (χ4n) is 0.427. The molecular weight excluding hydrogens is 224 g/mol. The number of esters is 1. The van der Waals surface area contributed by atoms with Gasteiger partial charge in [-0.1, -0.05) is 0 Å². The van der Waals surface area contributed by atoms with Crippen LogP contribution in [0.25, 0.3) is 0 Å². The van der Waals surface area contributed by atoms with E-state index in [1.807, 2.05) is 0 Å². The molecule has 4 N–H and O–H groups in total. The van der Waals surface area contributed by atoms with E-state index in [1.54, 1.807) is 0 Å². The highest BCUT2D eigenvalue weighted by molar-refractivity contribution is 5.70. The van der Waals surface area contributed by atoms with Crippen LogP contribution in [0.5, 0.6) is 0 Å². The first-order chi connectivity index (χ1) is 7.58. The lowest BCUT2D eigenvalue weighted by Gasteiger charge is -2.02. The molecule has 0 rings (SSSR count). The van der Waals surface area contributed by atoms with E-state index in [1.165, 1.54) is 0 Å². The fraction of sp³-hybridized carbons (Fsp3) is 0.750. The normalized spacial score (nSPS) is 8.94. The number of aliphatic carboxylic acids is 1. The van der Waals surface area contributed by atoms with Gasteiger partial charge in [-0.2, -0.15) is 0 Å². The third-order valence-corrected chi connectivity index (χ3v) is 0.991. The molecule has 0 bridgehead atoms. The summed E-state index contributed by atoms with van der Waals surface area (Å²) in [6.45, 7) is -0.851. The molecule has 0 spiro atoms. The van der Waals surface area contributed by atoms with Gasteiger partial charge in [-0.05, 0) is 0 Å². The number of carbonyl (C=O) groups is 2. The van der Waals surface area contributed by atoms with E-state index < -0.39 is 25.2 Å². The van der Waals surface area contributed by atoms with Crippen LogP contribution in [0, 0.1) is 0 Å². The topological polar surface area (TPSA) is 134 Å². The molecule has 0 unspecified atom stereocenters. The van der Waals surface area contributed by atoms with Crippen LogP contribution < -0.4 is 0 Å². The van der Waals surface area contributed by atoms with Crippen LogP contribution in [0.1, 0.15) is 0 Å². The average molecular weight is 240 g/mol.